The summed E-state index contributed by atoms with van der Waals surface area (Å²) in [5.41, 5.74) is 0. The summed E-state index contributed by atoms with van der Waals surface area (Å²) in [5, 5.41) is 17.8. The minimum absolute atomic E-state index is 0.0559. The molecule has 13 heavy (non-hydrogen) atoms. The van der Waals surface area contributed by atoms with Crippen LogP contribution in [-0.4, -0.2) is 35.6 Å². The van der Waals surface area contributed by atoms with E-state index < -0.39 is 0 Å². The average molecular weight is 186 g/mol. The molecule has 0 aromatic rings. The molecule has 0 aliphatic carbocycles. The van der Waals surface area contributed by atoms with Crippen molar-refractivity contribution in [2.45, 2.75) is 25.0 Å². The lowest BCUT2D eigenvalue weighted by molar-refractivity contribution is -0.0565. The van der Waals surface area contributed by atoms with E-state index in [1.165, 1.54) is 0 Å². The van der Waals surface area contributed by atoms with Crippen molar-refractivity contribution in [3.05, 3.63) is 25.3 Å². The van der Waals surface area contributed by atoms with E-state index in [4.69, 9.17) is 14.9 Å². The molecule has 2 unspecified atom stereocenters. The molecule has 3 nitrogen and oxygen atoms in total. The van der Waals surface area contributed by atoms with Crippen LogP contribution in [0.2, 0.25) is 0 Å². The molecule has 0 aromatic heterocycles. The highest BCUT2D eigenvalue weighted by molar-refractivity contribution is 4.77. The van der Waals surface area contributed by atoms with E-state index in [-0.39, 0.29) is 25.4 Å². The molecule has 0 saturated heterocycles. The first-order chi connectivity index (χ1) is 6.28. The van der Waals surface area contributed by atoms with Crippen molar-refractivity contribution in [1.29, 1.82) is 0 Å². The fourth-order valence-corrected chi connectivity index (χ4v) is 0.990. The third kappa shape index (κ3) is 5.58. The van der Waals surface area contributed by atoms with Crippen molar-refractivity contribution in [2.24, 2.45) is 0 Å². The molecule has 0 aliphatic rings. The van der Waals surface area contributed by atoms with Crippen molar-refractivity contribution in [3.8, 4) is 0 Å². The lowest BCUT2D eigenvalue weighted by Gasteiger charge is -2.20. The van der Waals surface area contributed by atoms with Crippen molar-refractivity contribution >= 4 is 0 Å². The number of hydrogen-bond acceptors (Lipinski definition) is 3. The topological polar surface area (TPSA) is 49.7 Å². The van der Waals surface area contributed by atoms with Crippen LogP contribution in [0.25, 0.3) is 0 Å². The Morgan fingerprint density at radius 3 is 1.62 bits per heavy atom. The van der Waals surface area contributed by atoms with Crippen LogP contribution in [0, 0.1) is 0 Å². The van der Waals surface area contributed by atoms with Gasteiger partial charge in [-0.3, -0.25) is 0 Å². The van der Waals surface area contributed by atoms with E-state index in [1.807, 2.05) is 0 Å². The van der Waals surface area contributed by atoms with E-state index in [0.717, 1.165) is 0 Å². The minimum atomic E-state index is -0.269. The highest BCUT2D eigenvalue weighted by atomic mass is 16.5. The molecule has 76 valence electrons. The molecule has 0 radical (unpaired) electrons. The van der Waals surface area contributed by atoms with Crippen LogP contribution in [0.1, 0.15) is 12.8 Å². The lowest BCUT2D eigenvalue weighted by atomic mass is 10.2. The second kappa shape index (κ2) is 7.98. The van der Waals surface area contributed by atoms with Crippen LogP contribution in [0.15, 0.2) is 25.3 Å². The molecule has 0 heterocycles. The van der Waals surface area contributed by atoms with E-state index in [9.17, 15) is 0 Å². The number of ether oxygens (including phenoxy) is 1. The van der Waals surface area contributed by atoms with Gasteiger partial charge in [-0.05, 0) is 12.8 Å². The predicted octanol–water partition coefficient (Wildman–Crippen LogP) is 0.877. The zero-order valence-corrected chi connectivity index (χ0v) is 7.85. The third-order valence-corrected chi connectivity index (χ3v) is 1.65. The number of rotatable bonds is 8. The van der Waals surface area contributed by atoms with Gasteiger partial charge in [-0.2, -0.15) is 0 Å². The van der Waals surface area contributed by atoms with Gasteiger partial charge in [-0.25, -0.2) is 0 Å². The zero-order chi connectivity index (χ0) is 10.1. The van der Waals surface area contributed by atoms with Gasteiger partial charge in [-0.15, -0.1) is 13.2 Å². The summed E-state index contributed by atoms with van der Waals surface area (Å²) in [5.74, 6) is 0. The highest BCUT2D eigenvalue weighted by Crippen LogP contribution is 2.06. The Balaban J connectivity index is 3.85. The van der Waals surface area contributed by atoms with Crippen LogP contribution in [0.5, 0.6) is 0 Å². The van der Waals surface area contributed by atoms with Gasteiger partial charge in [0.15, 0.2) is 0 Å². The van der Waals surface area contributed by atoms with Crippen LogP contribution < -0.4 is 0 Å². The molecular formula is C10H18O3. The Kier molecular flexibility index (Phi) is 7.59. The van der Waals surface area contributed by atoms with Crippen LogP contribution in [0.4, 0.5) is 0 Å². The summed E-state index contributed by atoms with van der Waals surface area (Å²) in [7, 11) is 0. The summed E-state index contributed by atoms with van der Waals surface area (Å²) in [6.07, 6.45) is 4.00. The number of aliphatic hydroxyl groups is 2. The highest BCUT2D eigenvalue weighted by Gasteiger charge is 2.12. The standard InChI is InChI=1S/C10H18O3/c1-3-5-9(7-11)13-10(8-12)6-4-2/h3-4,9-12H,1-2,5-8H2. The summed E-state index contributed by atoms with van der Waals surface area (Å²) in [4.78, 5) is 0. The van der Waals surface area contributed by atoms with Gasteiger partial charge >= 0.3 is 0 Å². The Hall–Kier alpha value is -0.640. The minimum Gasteiger partial charge on any atom is -0.394 e. The Morgan fingerprint density at radius 2 is 1.38 bits per heavy atom. The molecule has 3 heteroatoms. The van der Waals surface area contributed by atoms with E-state index >= 15 is 0 Å². The maximum atomic E-state index is 8.89. The fourth-order valence-electron chi connectivity index (χ4n) is 0.990. The molecule has 0 aliphatic heterocycles. The van der Waals surface area contributed by atoms with Crippen LogP contribution in [0.3, 0.4) is 0 Å². The van der Waals surface area contributed by atoms with Crippen molar-refractivity contribution in [2.75, 3.05) is 13.2 Å². The summed E-state index contributed by atoms with van der Waals surface area (Å²) in [6.45, 7) is 7.00. The summed E-state index contributed by atoms with van der Waals surface area (Å²) < 4.78 is 5.39. The first kappa shape index (κ1) is 12.4. The maximum absolute atomic E-state index is 8.89. The van der Waals surface area contributed by atoms with Gasteiger partial charge in [0.1, 0.15) is 0 Å². The Morgan fingerprint density at radius 1 is 1.00 bits per heavy atom. The van der Waals surface area contributed by atoms with Gasteiger partial charge < -0.3 is 14.9 Å². The Bertz CT molecular complexity index is 129. The SMILES string of the molecule is C=CCC(CO)OC(CO)CC=C. The lowest BCUT2D eigenvalue weighted by Crippen LogP contribution is -2.27. The smallest absolute Gasteiger partial charge is 0.0845 e. The van der Waals surface area contributed by atoms with E-state index in [2.05, 4.69) is 13.2 Å². The quantitative estimate of drug-likeness (QED) is 0.553. The number of hydrogen-bond donors (Lipinski definition) is 2. The molecule has 0 amide bonds. The van der Waals surface area contributed by atoms with E-state index in [0.29, 0.717) is 12.8 Å². The van der Waals surface area contributed by atoms with Gasteiger partial charge in [0.25, 0.3) is 0 Å². The molecule has 2 N–H and O–H groups in total. The van der Waals surface area contributed by atoms with Gasteiger partial charge in [0.05, 0.1) is 25.4 Å². The van der Waals surface area contributed by atoms with Crippen LogP contribution >= 0.6 is 0 Å². The number of aliphatic hydroxyl groups excluding tert-OH is 2. The molecule has 0 rings (SSSR count). The van der Waals surface area contributed by atoms with Gasteiger partial charge in [0.2, 0.25) is 0 Å². The third-order valence-electron chi connectivity index (χ3n) is 1.65. The Labute approximate surface area is 79.3 Å². The summed E-state index contributed by atoms with van der Waals surface area (Å²) >= 11 is 0. The second-order valence-electron chi connectivity index (χ2n) is 2.79. The molecule has 0 spiro atoms. The van der Waals surface area contributed by atoms with Crippen molar-refractivity contribution < 1.29 is 14.9 Å². The van der Waals surface area contributed by atoms with Gasteiger partial charge in [-0.1, -0.05) is 12.2 Å². The zero-order valence-electron chi connectivity index (χ0n) is 7.85. The first-order valence-electron chi connectivity index (χ1n) is 4.37. The molecular weight excluding hydrogens is 168 g/mol. The molecule has 0 aromatic carbocycles. The van der Waals surface area contributed by atoms with Crippen LogP contribution in [-0.2, 0) is 4.74 Å². The molecule has 0 fully saturated rings. The monoisotopic (exact) mass is 186 g/mol. The molecule has 2 atom stereocenters. The van der Waals surface area contributed by atoms with Crippen molar-refractivity contribution in [1.82, 2.24) is 0 Å². The van der Waals surface area contributed by atoms with Crippen molar-refractivity contribution in [3.63, 3.8) is 0 Å². The fraction of sp³-hybridized carbons (Fsp3) is 0.600. The van der Waals surface area contributed by atoms with E-state index in [1.54, 1.807) is 12.2 Å². The normalized spacial score (nSPS) is 14.9. The average Bonchev–Trinajstić information content (AvgIpc) is 2.16. The molecule has 0 bridgehead atoms. The second-order valence-corrected chi connectivity index (χ2v) is 2.79. The maximum Gasteiger partial charge on any atom is 0.0845 e. The molecule has 0 saturated carbocycles. The van der Waals surface area contributed by atoms with Gasteiger partial charge in [0, 0.05) is 0 Å². The predicted molar refractivity (Wildman–Crippen MR) is 52.5 cm³/mol. The largest absolute Gasteiger partial charge is 0.394 e. The summed E-state index contributed by atoms with van der Waals surface area (Å²) in [6, 6.07) is 0. The first-order valence-corrected chi connectivity index (χ1v) is 4.37.